The van der Waals surface area contributed by atoms with Crippen molar-refractivity contribution in [1.82, 2.24) is 9.97 Å². The van der Waals surface area contributed by atoms with Gasteiger partial charge < -0.3 is 10.1 Å². The van der Waals surface area contributed by atoms with Gasteiger partial charge >= 0.3 is 0 Å². The number of hydrogen-bond acceptors (Lipinski definition) is 5. The van der Waals surface area contributed by atoms with Gasteiger partial charge in [-0.25, -0.2) is 0 Å². The van der Waals surface area contributed by atoms with E-state index in [1.807, 2.05) is 72.9 Å². The van der Waals surface area contributed by atoms with Gasteiger partial charge in [0.05, 0.1) is 23.0 Å². The minimum atomic E-state index is -0.337. The van der Waals surface area contributed by atoms with Crippen LogP contribution in [0, 0.1) is 62.8 Å². The number of aliphatic hydroxyl groups excluding tert-OH is 1. The summed E-state index contributed by atoms with van der Waals surface area (Å²) in [6.45, 7) is 22.4. The van der Waals surface area contributed by atoms with Crippen molar-refractivity contribution >= 4 is 5.78 Å². The summed E-state index contributed by atoms with van der Waals surface area (Å²) in [6, 6.07) is 22.0. The Balaban J connectivity index is 0.000000398. The molecule has 6 heteroatoms. The monoisotopic (exact) mass is 835 g/mol. The summed E-state index contributed by atoms with van der Waals surface area (Å²) >= 11 is 0. The van der Waals surface area contributed by atoms with E-state index >= 15 is 0 Å². The van der Waals surface area contributed by atoms with E-state index in [1.54, 1.807) is 0 Å². The average molecular weight is 835 g/mol. The van der Waals surface area contributed by atoms with Gasteiger partial charge in [-0.3, -0.25) is 9.78 Å². The number of aromatic nitrogens is 2. The van der Waals surface area contributed by atoms with Crippen LogP contribution >= 0.6 is 0 Å². The molecule has 4 rings (SSSR count). The number of carbonyl (C=O) groups excluding carboxylic acids is 1. The van der Waals surface area contributed by atoms with Crippen LogP contribution < -0.4 is 0 Å². The molecule has 1 N–H and O–H groups in total. The molecule has 1 aromatic heterocycles. The van der Waals surface area contributed by atoms with E-state index in [2.05, 4.69) is 70.2 Å². The summed E-state index contributed by atoms with van der Waals surface area (Å²) in [7, 11) is 0. The Labute approximate surface area is 308 Å². The summed E-state index contributed by atoms with van der Waals surface area (Å²) in [5, 5.41) is 19.3. The van der Waals surface area contributed by atoms with Gasteiger partial charge in [-0.1, -0.05) is 90.8 Å². The number of carbonyl (C=O) groups is 1. The van der Waals surface area contributed by atoms with E-state index in [4.69, 9.17) is 9.97 Å². The first kappa shape index (κ1) is 41.3. The van der Waals surface area contributed by atoms with Crippen LogP contribution in [-0.4, -0.2) is 20.9 Å². The Kier molecular flexibility index (Phi) is 14.9. The van der Waals surface area contributed by atoms with E-state index in [0.29, 0.717) is 5.56 Å². The molecule has 5 nitrogen and oxygen atoms in total. The van der Waals surface area contributed by atoms with Gasteiger partial charge in [-0.05, 0) is 69.7 Å². The zero-order chi connectivity index (χ0) is 35.8. The topological polar surface area (TPSA) is 86.9 Å². The van der Waals surface area contributed by atoms with E-state index in [-0.39, 0.29) is 42.5 Å². The third-order valence-corrected chi connectivity index (χ3v) is 9.90. The fourth-order valence-corrected chi connectivity index (χ4v) is 5.76. The standard InChI is InChI=1S/C28H24N3.C15H28O2.Ir/c1-17-8-18(2)11-23(10-17)27-28(24-12-19(3)9-20(4)13-24)31-26(16-30-27)25-7-6-22(15-29)14-21(25)5;1-7-14(5,8-2)12(16)11-13(17)15(6,9-3)10-4;/h6-10,12-14,16H,1-5H3;11,16H,7-10H2,1-6H3;/q-1;;/b;12-11-;. The molecular weight excluding hydrogens is 783 g/mol. The predicted octanol–water partition coefficient (Wildman–Crippen LogP) is 11.3. The molecule has 0 aliphatic rings. The molecule has 0 aliphatic heterocycles. The van der Waals surface area contributed by atoms with Crippen LogP contribution in [0.15, 0.2) is 66.6 Å². The second-order valence-corrected chi connectivity index (χ2v) is 13.7. The Morgan fingerprint density at radius 2 is 1.41 bits per heavy atom. The SMILES string of the molecule is CCC(C)(CC)C(=O)/C=C(\O)C(C)(CC)CC.Cc1[c-]c(-c2ncc(-c3ccc(C#N)cc3C)nc2-c2cc(C)cc(C)c2)cc(C)c1.[Ir]. The first-order valence-corrected chi connectivity index (χ1v) is 17.1. The van der Waals surface area contributed by atoms with Crippen LogP contribution in [0.25, 0.3) is 33.8 Å². The summed E-state index contributed by atoms with van der Waals surface area (Å²) in [4.78, 5) is 22.1. The zero-order valence-corrected chi connectivity index (χ0v) is 33.5. The fourth-order valence-electron chi connectivity index (χ4n) is 5.76. The molecule has 0 spiro atoms. The Bertz CT molecular complexity index is 1800. The summed E-state index contributed by atoms with van der Waals surface area (Å²) in [6.07, 6.45) is 6.58. The first-order chi connectivity index (χ1) is 22.6. The quantitative estimate of drug-likeness (QED) is 0.0977. The number of allylic oxidation sites excluding steroid dienone is 2. The molecular formula is C43H52IrN3O2-. The number of ketones is 1. The van der Waals surface area contributed by atoms with Crippen molar-refractivity contribution in [1.29, 1.82) is 5.26 Å². The van der Waals surface area contributed by atoms with E-state index < -0.39 is 0 Å². The van der Waals surface area contributed by atoms with Gasteiger partial charge in [0.25, 0.3) is 0 Å². The number of rotatable bonds is 10. The van der Waals surface area contributed by atoms with Crippen LogP contribution in [0.4, 0.5) is 0 Å². The molecule has 0 unspecified atom stereocenters. The number of hydrogen-bond donors (Lipinski definition) is 1. The van der Waals surface area contributed by atoms with Gasteiger partial charge in [0.1, 0.15) is 5.76 Å². The van der Waals surface area contributed by atoms with Crippen molar-refractivity contribution in [2.45, 2.75) is 102 Å². The Morgan fingerprint density at radius 3 is 1.92 bits per heavy atom. The first-order valence-electron chi connectivity index (χ1n) is 17.1. The van der Waals surface area contributed by atoms with Crippen LogP contribution in [0.5, 0.6) is 0 Å². The summed E-state index contributed by atoms with van der Waals surface area (Å²) in [5.41, 5.74) is 11.1. The molecule has 49 heavy (non-hydrogen) atoms. The summed E-state index contributed by atoms with van der Waals surface area (Å²) in [5.74, 6) is 0.286. The number of nitrogens with zero attached hydrogens (tertiary/aromatic N) is 3. The van der Waals surface area contributed by atoms with Crippen LogP contribution in [0.3, 0.4) is 0 Å². The van der Waals surface area contributed by atoms with Crippen molar-refractivity contribution in [3.63, 3.8) is 0 Å². The molecule has 1 heterocycles. The molecule has 1 radical (unpaired) electrons. The molecule has 0 fully saturated rings. The third kappa shape index (κ3) is 10.1. The maximum atomic E-state index is 12.2. The maximum absolute atomic E-state index is 12.2. The van der Waals surface area contributed by atoms with E-state index in [9.17, 15) is 15.2 Å². The van der Waals surface area contributed by atoms with E-state index in [1.165, 1.54) is 22.8 Å². The molecule has 261 valence electrons. The normalized spacial score (nSPS) is 11.6. The van der Waals surface area contributed by atoms with Crippen molar-refractivity contribution in [2.75, 3.05) is 0 Å². The number of benzene rings is 3. The molecule has 0 aliphatic carbocycles. The molecule has 4 aromatic rings. The number of aryl methyl sites for hydroxylation is 5. The second kappa shape index (κ2) is 17.7. The smallest absolute Gasteiger partial charge is 0.164 e. The van der Waals surface area contributed by atoms with Crippen LogP contribution in [-0.2, 0) is 24.9 Å². The Morgan fingerprint density at radius 1 is 0.837 bits per heavy atom. The maximum Gasteiger partial charge on any atom is 0.164 e. The largest absolute Gasteiger partial charge is 0.512 e. The van der Waals surface area contributed by atoms with Gasteiger partial charge in [0, 0.05) is 54.5 Å². The zero-order valence-electron chi connectivity index (χ0n) is 31.1. The fraction of sp³-hybridized carbons (Fsp3) is 0.395. The number of aliphatic hydroxyl groups is 1. The molecule has 0 bridgehead atoms. The van der Waals surface area contributed by atoms with Gasteiger partial charge in [0.15, 0.2) is 5.78 Å². The van der Waals surface area contributed by atoms with Gasteiger partial charge in [-0.2, -0.15) is 5.26 Å². The Hall–Kier alpha value is -3.91. The predicted molar refractivity (Wildman–Crippen MR) is 199 cm³/mol. The van der Waals surface area contributed by atoms with Crippen molar-refractivity contribution in [2.24, 2.45) is 10.8 Å². The minimum Gasteiger partial charge on any atom is -0.512 e. The van der Waals surface area contributed by atoms with Gasteiger partial charge in [-0.15, -0.1) is 34.9 Å². The molecule has 3 aromatic carbocycles. The third-order valence-electron chi connectivity index (χ3n) is 9.90. The minimum absolute atomic E-state index is 0. The van der Waals surface area contributed by atoms with E-state index in [0.717, 1.165) is 70.6 Å². The molecule has 0 saturated carbocycles. The molecule has 0 amide bonds. The average Bonchev–Trinajstić information content (AvgIpc) is 3.06. The van der Waals surface area contributed by atoms with Crippen molar-refractivity contribution in [3.8, 4) is 39.8 Å². The number of nitriles is 1. The van der Waals surface area contributed by atoms with Gasteiger partial charge in [0.2, 0.25) is 0 Å². The molecule has 0 saturated heterocycles. The second-order valence-electron chi connectivity index (χ2n) is 13.7. The summed E-state index contributed by atoms with van der Waals surface area (Å²) < 4.78 is 0. The van der Waals surface area contributed by atoms with Crippen molar-refractivity contribution in [3.05, 3.63) is 106 Å². The molecule has 0 atom stereocenters. The van der Waals surface area contributed by atoms with Crippen LogP contribution in [0.2, 0.25) is 0 Å². The van der Waals surface area contributed by atoms with Crippen molar-refractivity contribution < 1.29 is 30.0 Å². The van der Waals surface area contributed by atoms with Crippen LogP contribution in [0.1, 0.15) is 101 Å².